The molecule has 1 saturated carbocycles. The van der Waals surface area contributed by atoms with Gasteiger partial charge in [0, 0.05) is 12.6 Å². The van der Waals surface area contributed by atoms with Crippen molar-refractivity contribution in [2.24, 2.45) is 11.8 Å². The van der Waals surface area contributed by atoms with Crippen molar-refractivity contribution in [3.05, 3.63) is 59.0 Å². The molecule has 1 aromatic carbocycles. The number of amides is 2. The van der Waals surface area contributed by atoms with Gasteiger partial charge in [0.25, 0.3) is 0 Å². The molecule has 2 unspecified atom stereocenters. The van der Waals surface area contributed by atoms with Crippen LogP contribution in [0.4, 0.5) is 4.39 Å². The highest BCUT2D eigenvalue weighted by molar-refractivity contribution is 7.07. The monoisotopic (exact) mass is 434 g/mol. The maximum absolute atomic E-state index is 11.9. The van der Waals surface area contributed by atoms with Crippen molar-refractivity contribution in [2.75, 3.05) is 6.54 Å². The van der Waals surface area contributed by atoms with Gasteiger partial charge in [0.05, 0.1) is 0 Å². The molecule has 1 aliphatic carbocycles. The first-order valence-electron chi connectivity index (χ1n) is 10.5. The molecule has 1 aliphatic heterocycles. The average molecular weight is 435 g/mol. The Labute approximate surface area is 184 Å². The Bertz CT molecular complexity index is 673. The molecular weight excluding hydrogens is 399 g/mol. The summed E-state index contributed by atoms with van der Waals surface area (Å²) >= 11 is 1.71. The molecule has 1 N–H and O–H groups in total. The van der Waals surface area contributed by atoms with E-state index in [9.17, 15) is 14.0 Å². The second-order valence-electron chi connectivity index (χ2n) is 8.13. The van der Waals surface area contributed by atoms with Crippen molar-refractivity contribution in [1.29, 1.82) is 0 Å². The van der Waals surface area contributed by atoms with E-state index in [1.165, 1.54) is 25.0 Å². The molecule has 2 heterocycles. The van der Waals surface area contributed by atoms with Crippen molar-refractivity contribution in [2.45, 2.75) is 59.0 Å². The van der Waals surface area contributed by atoms with E-state index < -0.39 is 0 Å². The van der Waals surface area contributed by atoms with Crippen LogP contribution in [-0.4, -0.2) is 35.8 Å². The second-order valence-corrected chi connectivity index (χ2v) is 8.94. The minimum absolute atomic E-state index is 0.0236. The quantitative estimate of drug-likeness (QED) is 0.661. The number of carbonyl (C=O) groups is 2. The fourth-order valence-corrected chi connectivity index (χ4v) is 3.05. The van der Waals surface area contributed by atoms with E-state index in [1.54, 1.807) is 34.4 Å². The maximum Gasteiger partial charge on any atom is 0.243 e. The summed E-state index contributed by atoms with van der Waals surface area (Å²) in [5.41, 5.74) is 0. The standard InChI is InChI=1S/C10H18N2O2.C6H5F.C4H4S.C4H8/c1-7(2)4-9-10(14)11-8(3)5-12(9)6-13;7-6-4-2-1-3-5-6;1-2-4-5-3-1;1-4-2-3-4/h6-9H,4-5H2,1-3H3,(H,11,14);1-5H;1-4H;4H,2-3H2,1H3. The van der Waals surface area contributed by atoms with Crippen LogP contribution in [0.3, 0.4) is 0 Å². The van der Waals surface area contributed by atoms with Crippen LogP contribution in [0.1, 0.15) is 47.0 Å². The predicted molar refractivity (Wildman–Crippen MR) is 123 cm³/mol. The summed E-state index contributed by atoms with van der Waals surface area (Å²) in [6.07, 6.45) is 4.49. The number of thiophene rings is 1. The van der Waals surface area contributed by atoms with Crippen molar-refractivity contribution in [1.82, 2.24) is 10.2 Å². The van der Waals surface area contributed by atoms with Crippen LogP contribution in [0.15, 0.2) is 53.2 Å². The third kappa shape index (κ3) is 12.4. The third-order valence-corrected chi connectivity index (χ3v) is 5.06. The molecular formula is C24H35FN2O2S. The summed E-state index contributed by atoms with van der Waals surface area (Å²) in [5, 5.41) is 6.94. The highest BCUT2D eigenvalue weighted by atomic mass is 32.1. The molecule has 0 radical (unpaired) electrons. The Morgan fingerprint density at radius 1 is 1.13 bits per heavy atom. The summed E-state index contributed by atoms with van der Waals surface area (Å²) in [6, 6.07) is 11.8. The van der Waals surface area contributed by atoms with E-state index in [1.807, 2.05) is 43.7 Å². The molecule has 4 rings (SSSR count). The van der Waals surface area contributed by atoms with Gasteiger partial charge in [-0.1, -0.05) is 63.9 Å². The first-order chi connectivity index (χ1) is 14.3. The van der Waals surface area contributed by atoms with Gasteiger partial charge in [-0.05, 0) is 48.1 Å². The zero-order chi connectivity index (χ0) is 22.4. The van der Waals surface area contributed by atoms with Gasteiger partial charge in [-0.25, -0.2) is 4.39 Å². The normalized spacial score (nSPS) is 19.8. The van der Waals surface area contributed by atoms with E-state index in [-0.39, 0.29) is 23.8 Å². The number of nitrogens with zero attached hydrogens (tertiary/aromatic N) is 1. The van der Waals surface area contributed by atoms with E-state index in [0.717, 1.165) is 18.7 Å². The van der Waals surface area contributed by atoms with Gasteiger partial charge < -0.3 is 10.2 Å². The molecule has 2 atom stereocenters. The molecule has 6 heteroatoms. The largest absolute Gasteiger partial charge is 0.350 e. The Morgan fingerprint density at radius 2 is 1.70 bits per heavy atom. The third-order valence-electron chi connectivity index (χ3n) is 4.43. The molecule has 2 fully saturated rings. The van der Waals surface area contributed by atoms with Crippen LogP contribution < -0.4 is 5.32 Å². The number of nitrogens with one attached hydrogen (secondary N) is 1. The fourth-order valence-electron chi connectivity index (χ4n) is 2.59. The number of rotatable bonds is 3. The lowest BCUT2D eigenvalue weighted by atomic mass is 9.99. The fraction of sp³-hybridized carbons (Fsp3) is 0.500. The van der Waals surface area contributed by atoms with Gasteiger partial charge in [0.2, 0.25) is 12.3 Å². The first-order valence-corrected chi connectivity index (χ1v) is 11.5. The van der Waals surface area contributed by atoms with Gasteiger partial charge in [0.15, 0.2) is 0 Å². The van der Waals surface area contributed by atoms with Crippen molar-refractivity contribution in [3.63, 3.8) is 0 Å². The smallest absolute Gasteiger partial charge is 0.243 e. The van der Waals surface area contributed by atoms with Crippen LogP contribution in [0.5, 0.6) is 0 Å². The van der Waals surface area contributed by atoms with E-state index in [4.69, 9.17) is 0 Å². The van der Waals surface area contributed by atoms with Gasteiger partial charge in [0.1, 0.15) is 11.9 Å². The number of carbonyl (C=O) groups excluding carboxylic acids is 2. The maximum atomic E-state index is 11.9. The van der Waals surface area contributed by atoms with Gasteiger partial charge in [-0.3, -0.25) is 9.59 Å². The summed E-state index contributed by atoms with van der Waals surface area (Å²) in [7, 11) is 0. The second kappa shape index (κ2) is 14.7. The molecule has 2 aliphatic rings. The van der Waals surface area contributed by atoms with Gasteiger partial charge in [-0.15, -0.1) is 0 Å². The van der Waals surface area contributed by atoms with E-state index >= 15 is 0 Å². The number of piperazine rings is 1. The average Bonchev–Trinajstić information content (AvgIpc) is 3.25. The van der Waals surface area contributed by atoms with Crippen LogP contribution in [-0.2, 0) is 9.59 Å². The highest BCUT2D eigenvalue weighted by Crippen LogP contribution is 2.26. The van der Waals surface area contributed by atoms with E-state index in [0.29, 0.717) is 12.5 Å². The topological polar surface area (TPSA) is 49.4 Å². The Hall–Kier alpha value is -2.21. The van der Waals surface area contributed by atoms with Crippen LogP contribution >= 0.6 is 11.3 Å². The van der Waals surface area contributed by atoms with Crippen LogP contribution in [0, 0.1) is 17.7 Å². The summed E-state index contributed by atoms with van der Waals surface area (Å²) in [5.74, 6) is 1.30. The van der Waals surface area contributed by atoms with Crippen LogP contribution in [0.2, 0.25) is 0 Å². The molecule has 166 valence electrons. The van der Waals surface area contributed by atoms with Crippen molar-refractivity contribution < 1.29 is 14.0 Å². The summed E-state index contributed by atoms with van der Waals surface area (Å²) in [4.78, 5) is 24.0. The molecule has 4 nitrogen and oxygen atoms in total. The molecule has 30 heavy (non-hydrogen) atoms. The van der Waals surface area contributed by atoms with E-state index in [2.05, 4.69) is 12.2 Å². The summed E-state index contributed by atoms with van der Waals surface area (Å²) in [6.45, 7) is 8.90. The zero-order valence-corrected chi connectivity index (χ0v) is 19.3. The SMILES string of the molecule is CC(C)CC1C(=O)NC(C)CN1C=O.CC1CC1.Fc1ccccc1.c1ccsc1. The molecule has 1 saturated heterocycles. The molecule has 0 bridgehead atoms. The molecule has 1 aromatic heterocycles. The van der Waals surface area contributed by atoms with Crippen molar-refractivity contribution in [3.8, 4) is 0 Å². The number of hydrogen-bond acceptors (Lipinski definition) is 3. The van der Waals surface area contributed by atoms with Gasteiger partial charge >= 0.3 is 0 Å². The Morgan fingerprint density at radius 3 is 2.03 bits per heavy atom. The number of halogens is 1. The Balaban J connectivity index is 0.000000230. The van der Waals surface area contributed by atoms with Gasteiger partial charge in [-0.2, -0.15) is 11.3 Å². The minimum Gasteiger partial charge on any atom is -0.350 e. The van der Waals surface area contributed by atoms with Crippen LogP contribution in [0.25, 0.3) is 0 Å². The summed E-state index contributed by atoms with van der Waals surface area (Å²) < 4.78 is 11.9. The lowest BCUT2D eigenvalue weighted by Crippen LogP contribution is -2.58. The number of hydrogen-bond donors (Lipinski definition) is 1. The first kappa shape index (κ1) is 25.8. The predicted octanol–water partition coefficient (Wildman–Crippen LogP) is 5.37. The minimum atomic E-state index is -0.274. The molecule has 0 spiro atoms. The molecule has 2 amide bonds. The zero-order valence-electron chi connectivity index (χ0n) is 18.5. The lowest BCUT2D eigenvalue weighted by molar-refractivity contribution is -0.138. The lowest BCUT2D eigenvalue weighted by Gasteiger charge is -2.36. The molecule has 2 aromatic rings. The van der Waals surface area contributed by atoms with Crippen molar-refractivity contribution >= 4 is 23.7 Å². The number of benzene rings is 1. The Kier molecular flexibility index (Phi) is 12.7. The highest BCUT2D eigenvalue weighted by Gasteiger charge is 2.32.